The van der Waals surface area contributed by atoms with Gasteiger partial charge in [-0.15, -0.1) is 0 Å². The highest BCUT2D eigenvalue weighted by molar-refractivity contribution is 5.41. The van der Waals surface area contributed by atoms with Crippen molar-refractivity contribution in [1.82, 2.24) is 14.9 Å². The van der Waals surface area contributed by atoms with Crippen LogP contribution in [0.3, 0.4) is 0 Å². The molecule has 0 radical (unpaired) electrons. The number of aromatic nitrogens is 2. The Hall–Kier alpha value is -1.36. The van der Waals surface area contributed by atoms with Gasteiger partial charge >= 0.3 is 0 Å². The van der Waals surface area contributed by atoms with Gasteiger partial charge < -0.3 is 15.5 Å². The van der Waals surface area contributed by atoms with Gasteiger partial charge in [0.1, 0.15) is 5.82 Å². The van der Waals surface area contributed by atoms with Crippen molar-refractivity contribution in [3.8, 4) is 0 Å². The van der Waals surface area contributed by atoms with Crippen molar-refractivity contribution in [3.05, 3.63) is 12.3 Å². The van der Waals surface area contributed by atoms with Crippen LogP contribution in [0.15, 0.2) is 12.3 Å². The first-order chi connectivity index (χ1) is 7.54. The van der Waals surface area contributed by atoms with E-state index in [9.17, 15) is 0 Å². The van der Waals surface area contributed by atoms with Crippen molar-refractivity contribution >= 4 is 11.8 Å². The van der Waals surface area contributed by atoms with E-state index >= 15 is 0 Å². The molecule has 2 N–H and O–H groups in total. The topological polar surface area (TPSA) is 58.3 Å². The highest BCUT2D eigenvalue weighted by atomic mass is 15.2. The fourth-order valence-electron chi connectivity index (χ4n) is 1.85. The van der Waals surface area contributed by atoms with Crippen molar-refractivity contribution in [2.24, 2.45) is 0 Å². The van der Waals surface area contributed by atoms with Crippen molar-refractivity contribution in [3.63, 3.8) is 0 Å². The first kappa shape index (κ1) is 12.7. The van der Waals surface area contributed by atoms with E-state index in [-0.39, 0.29) is 0 Å². The average Bonchev–Trinajstić information content (AvgIpc) is 2.17. The van der Waals surface area contributed by atoms with Gasteiger partial charge in [-0.2, -0.15) is 4.98 Å². The van der Waals surface area contributed by atoms with E-state index in [2.05, 4.69) is 47.7 Å². The zero-order valence-corrected chi connectivity index (χ0v) is 10.5. The molecule has 0 saturated heterocycles. The lowest BCUT2D eigenvalue weighted by molar-refractivity contribution is 0.372. The Kier molecular flexibility index (Phi) is 4.49. The van der Waals surface area contributed by atoms with Gasteiger partial charge in [0.2, 0.25) is 5.95 Å². The second-order valence-electron chi connectivity index (χ2n) is 4.17. The molecule has 1 atom stereocenters. The van der Waals surface area contributed by atoms with Gasteiger partial charge in [0.15, 0.2) is 0 Å². The Morgan fingerprint density at radius 1 is 1.44 bits per heavy atom. The summed E-state index contributed by atoms with van der Waals surface area (Å²) < 4.78 is 0. The molecule has 0 aliphatic rings. The van der Waals surface area contributed by atoms with Crippen molar-refractivity contribution in [2.45, 2.75) is 19.9 Å². The summed E-state index contributed by atoms with van der Waals surface area (Å²) in [6.07, 6.45) is 1.70. The molecular formula is C11H21N5. The summed E-state index contributed by atoms with van der Waals surface area (Å²) in [5.74, 6) is 1.22. The molecule has 16 heavy (non-hydrogen) atoms. The number of likely N-dealkylation sites (N-methyl/N-ethyl adjacent to an activating group) is 2. The fraction of sp³-hybridized carbons (Fsp3) is 0.636. The molecule has 1 rings (SSSR count). The van der Waals surface area contributed by atoms with Crippen LogP contribution in [0.4, 0.5) is 11.8 Å². The quantitative estimate of drug-likeness (QED) is 0.801. The summed E-state index contributed by atoms with van der Waals surface area (Å²) in [5.41, 5.74) is 5.59. The third-order valence-corrected chi connectivity index (χ3v) is 2.46. The lowest BCUT2D eigenvalue weighted by Gasteiger charge is -2.30. The molecule has 5 heteroatoms. The second-order valence-corrected chi connectivity index (χ2v) is 4.17. The normalized spacial score (nSPS) is 12.8. The van der Waals surface area contributed by atoms with Crippen molar-refractivity contribution in [2.75, 3.05) is 37.8 Å². The zero-order valence-electron chi connectivity index (χ0n) is 10.5. The van der Waals surface area contributed by atoms with Gasteiger partial charge in [-0.3, -0.25) is 0 Å². The number of nitrogens with two attached hydrogens (primary N) is 1. The molecule has 0 amide bonds. The maximum Gasteiger partial charge on any atom is 0.221 e. The number of hydrogen-bond donors (Lipinski definition) is 1. The monoisotopic (exact) mass is 223 g/mol. The van der Waals surface area contributed by atoms with Crippen LogP contribution in [0, 0.1) is 0 Å². The largest absolute Gasteiger partial charge is 0.368 e. The predicted octanol–water partition coefficient (Wildman–Crippen LogP) is 0.835. The van der Waals surface area contributed by atoms with E-state index in [0.717, 1.165) is 18.9 Å². The maximum absolute atomic E-state index is 5.59. The van der Waals surface area contributed by atoms with Crippen LogP contribution < -0.4 is 10.6 Å². The third-order valence-electron chi connectivity index (χ3n) is 2.46. The van der Waals surface area contributed by atoms with Crippen molar-refractivity contribution < 1.29 is 0 Å². The molecule has 1 heterocycles. The Bertz CT molecular complexity index is 326. The number of hydrogen-bond acceptors (Lipinski definition) is 5. The van der Waals surface area contributed by atoms with E-state index in [0.29, 0.717) is 12.0 Å². The SMILES string of the molecule is CCN(c1ccnc(N)n1)C(C)CN(C)C. The van der Waals surface area contributed by atoms with Crippen LogP contribution in [0.2, 0.25) is 0 Å². The van der Waals surface area contributed by atoms with Gasteiger partial charge in [0.05, 0.1) is 0 Å². The maximum atomic E-state index is 5.59. The Balaban J connectivity index is 2.81. The van der Waals surface area contributed by atoms with Gasteiger partial charge in [-0.05, 0) is 34.0 Å². The minimum Gasteiger partial charge on any atom is -0.368 e. The number of rotatable bonds is 5. The summed E-state index contributed by atoms with van der Waals surface area (Å²) in [7, 11) is 4.14. The molecule has 1 unspecified atom stereocenters. The lowest BCUT2D eigenvalue weighted by atomic mass is 10.2. The summed E-state index contributed by atoms with van der Waals surface area (Å²) in [6, 6.07) is 2.29. The van der Waals surface area contributed by atoms with Gasteiger partial charge in [0, 0.05) is 25.3 Å². The van der Waals surface area contributed by atoms with Crippen LogP contribution in [0.25, 0.3) is 0 Å². The third kappa shape index (κ3) is 3.34. The van der Waals surface area contributed by atoms with Gasteiger partial charge in [-0.1, -0.05) is 0 Å². The fourth-order valence-corrected chi connectivity index (χ4v) is 1.85. The molecule has 5 nitrogen and oxygen atoms in total. The Morgan fingerprint density at radius 3 is 2.62 bits per heavy atom. The first-order valence-electron chi connectivity index (χ1n) is 5.54. The van der Waals surface area contributed by atoms with Crippen LogP contribution in [0.5, 0.6) is 0 Å². The summed E-state index contributed by atoms with van der Waals surface area (Å²) >= 11 is 0. The molecular weight excluding hydrogens is 202 g/mol. The average molecular weight is 223 g/mol. The number of anilines is 2. The molecule has 0 aromatic carbocycles. The molecule has 90 valence electrons. The van der Waals surface area contributed by atoms with E-state index in [4.69, 9.17) is 5.73 Å². The van der Waals surface area contributed by atoms with E-state index in [1.54, 1.807) is 6.20 Å². The minimum absolute atomic E-state index is 0.327. The van der Waals surface area contributed by atoms with E-state index < -0.39 is 0 Å². The van der Waals surface area contributed by atoms with Gasteiger partial charge in [0.25, 0.3) is 0 Å². The smallest absolute Gasteiger partial charge is 0.221 e. The van der Waals surface area contributed by atoms with E-state index in [1.165, 1.54) is 0 Å². The van der Waals surface area contributed by atoms with Crippen LogP contribution in [-0.4, -0.2) is 48.1 Å². The molecule has 0 saturated carbocycles. The van der Waals surface area contributed by atoms with Crippen molar-refractivity contribution in [1.29, 1.82) is 0 Å². The summed E-state index contributed by atoms with van der Waals surface area (Å²) in [6.45, 7) is 6.19. The Labute approximate surface area is 97.3 Å². The predicted molar refractivity (Wildman–Crippen MR) is 67.5 cm³/mol. The summed E-state index contributed by atoms with van der Waals surface area (Å²) in [5, 5.41) is 0. The number of nitrogens with zero attached hydrogens (tertiary/aromatic N) is 4. The molecule has 1 aromatic heterocycles. The molecule has 0 spiro atoms. The first-order valence-corrected chi connectivity index (χ1v) is 5.54. The standard InChI is InChI=1S/C11H21N5/c1-5-16(9(2)8-15(3)4)10-6-7-13-11(12)14-10/h6-7,9H,5,8H2,1-4H3,(H2,12,13,14). The minimum atomic E-state index is 0.327. The van der Waals surface area contributed by atoms with E-state index in [1.807, 2.05) is 6.07 Å². The van der Waals surface area contributed by atoms with Crippen LogP contribution in [0.1, 0.15) is 13.8 Å². The van der Waals surface area contributed by atoms with Crippen LogP contribution in [-0.2, 0) is 0 Å². The second kappa shape index (κ2) is 5.65. The molecule has 0 fully saturated rings. The Morgan fingerprint density at radius 2 is 2.12 bits per heavy atom. The molecule has 0 aliphatic heterocycles. The number of nitrogen functional groups attached to an aromatic ring is 1. The van der Waals surface area contributed by atoms with Crippen LogP contribution >= 0.6 is 0 Å². The zero-order chi connectivity index (χ0) is 12.1. The molecule has 0 bridgehead atoms. The highest BCUT2D eigenvalue weighted by Crippen LogP contribution is 2.14. The summed E-state index contributed by atoms with van der Waals surface area (Å²) in [4.78, 5) is 12.5. The highest BCUT2D eigenvalue weighted by Gasteiger charge is 2.14. The molecule has 0 aliphatic carbocycles. The molecule has 1 aromatic rings. The van der Waals surface area contributed by atoms with Gasteiger partial charge in [-0.25, -0.2) is 4.98 Å². The lowest BCUT2D eigenvalue weighted by Crippen LogP contribution is -2.40.